The molecule has 31 heavy (non-hydrogen) atoms. The molecule has 1 aliphatic rings. The van der Waals surface area contributed by atoms with Crippen LogP contribution in [0.3, 0.4) is 0 Å². The molecule has 0 spiro atoms. The van der Waals surface area contributed by atoms with Crippen molar-refractivity contribution in [2.45, 2.75) is 12.5 Å². The van der Waals surface area contributed by atoms with Gasteiger partial charge < -0.3 is 14.6 Å². The van der Waals surface area contributed by atoms with Crippen molar-refractivity contribution >= 4 is 22.9 Å². The van der Waals surface area contributed by atoms with E-state index in [0.29, 0.717) is 6.54 Å². The number of carbonyl (C=O) groups excluding carboxylic acids is 1. The van der Waals surface area contributed by atoms with Crippen LogP contribution in [0.25, 0.3) is 17.0 Å². The van der Waals surface area contributed by atoms with E-state index in [4.69, 9.17) is 4.74 Å². The van der Waals surface area contributed by atoms with Gasteiger partial charge in [0.15, 0.2) is 0 Å². The van der Waals surface area contributed by atoms with Crippen LogP contribution in [0.1, 0.15) is 28.4 Å². The molecule has 1 aliphatic heterocycles. The molecule has 0 saturated carbocycles. The predicted molar refractivity (Wildman–Crippen MR) is 124 cm³/mol. The van der Waals surface area contributed by atoms with Gasteiger partial charge in [-0.2, -0.15) is 0 Å². The third kappa shape index (κ3) is 3.61. The molecule has 4 aromatic rings. The van der Waals surface area contributed by atoms with Gasteiger partial charge >= 0.3 is 0 Å². The smallest absolute Gasteiger partial charge is 0.247 e. The predicted octanol–water partition coefficient (Wildman–Crippen LogP) is 5.36. The zero-order valence-electron chi connectivity index (χ0n) is 17.4. The highest BCUT2D eigenvalue weighted by Crippen LogP contribution is 2.39. The van der Waals surface area contributed by atoms with Crippen molar-refractivity contribution in [2.75, 3.05) is 13.7 Å². The topological polar surface area (TPSA) is 45.3 Å². The first-order valence-electron chi connectivity index (χ1n) is 10.5. The summed E-state index contributed by atoms with van der Waals surface area (Å²) in [5.41, 5.74) is 5.58. The maximum atomic E-state index is 13.3. The molecule has 1 amide bonds. The highest BCUT2D eigenvalue weighted by Gasteiger charge is 2.33. The Labute approximate surface area is 181 Å². The Morgan fingerprint density at radius 1 is 1.00 bits per heavy atom. The molecule has 1 atom stereocenters. The number of ether oxygens (including phenoxy) is 1. The van der Waals surface area contributed by atoms with Gasteiger partial charge in [-0.15, -0.1) is 0 Å². The minimum Gasteiger partial charge on any atom is -0.497 e. The average molecular weight is 409 g/mol. The lowest BCUT2D eigenvalue weighted by molar-refractivity contribution is -0.128. The van der Waals surface area contributed by atoms with Crippen molar-refractivity contribution in [2.24, 2.45) is 0 Å². The standard InChI is InChI=1S/C27H24N2O2/c1-31-21-14-12-20(13-15-21)27-26-23(22-9-5-6-10-24(22)28-26)17-18-29(27)25(30)16-11-19-7-3-2-4-8-19/h2-16,27-28H,17-18H2,1H3. The number of nitrogens with one attached hydrogen (secondary N) is 1. The van der Waals surface area contributed by atoms with Crippen LogP contribution in [0.15, 0.2) is 84.9 Å². The number of hydrogen-bond acceptors (Lipinski definition) is 2. The molecular formula is C27H24N2O2. The van der Waals surface area contributed by atoms with Gasteiger partial charge in [0, 0.05) is 29.2 Å². The van der Waals surface area contributed by atoms with Gasteiger partial charge in [0.05, 0.1) is 13.2 Å². The van der Waals surface area contributed by atoms with Crippen LogP contribution in [0.4, 0.5) is 0 Å². The van der Waals surface area contributed by atoms with E-state index in [1.807, 2.05) is 71.6 Å². The third-order valence-electron chi connectivity index (χ3n) is 5.97. The van der Waals surface area contributed by atoms with E-state index < -0.39 is 0 Å². The molecule has 4 heteroatoms. The fourth-order valence-corrected chi connectivity index (χ4v) is 4.44. The Hall–Kier alpha value is -3.79. The number of amides is 1. The van der Waals surface area contributed by atoms with E-state index in [2.05, 4.69) is 23.2 Å². The number of benzene rings is 3. The summed E-state index contributed by atoms with van der Waals surface area (Å²) < 4.78 is 5.34. The molecule has 0 bridgehead atoms. The maximum absolute atomic E-state index is 13.3. The molecule has 3 aromatic carbocycles. The molecule has 0 aliphatic carbocycles. The monoisotopic (exact) mass is 408 g/mol. The Morgan fingerprint density at radius 2 is 1.74 bits per heavy atom. The molecule has 0 saturated heterocycles. The molecule has 2 heterocycles. The van der Waals surface area contributed by atoms with Crippen LogP contribution in [0, 0.1) is 0 Å². The van der Waals surface area contributed by atoms with Gasteiger partial charge in [-0.05, 0) is 47.4 Å². The van der Waals surface area contributed by atoms with Gasteiger partial charge in [-0.1, -0.05) is 60.7 Å². The number of carbonyl (C=O) groups is 1. The van der Waals surface area contributed by atoms with E-state index in [0.717, 1.165) is 34.5 Å². The zero-order chi connectivity index (χ0) is 21.2. The summed E-state index contributed by atoms with van der Waals surface area (Å²) in [6.45, 7) is 0.670. The largest absolute Gasteiger partial charge is 0.497 e. The van der Waals surface area contributed by atoms with Crippen LogP contribution in [-0.4, -0.2) is 29.4 Å². The fourth-order valence-electron chi connectivity index (χ4n) is 4.44. The molecule has 4 nitrogen and oxygen atoms in total. The van der Waals surface area contributed by atoms with Crippen LogP contribution >= 0.6 is 0 Å². The van der Waals surface area contributed by atoms with E-state index in [-0.39, 0.29) is 11.9 Å². The van der Waals surface area contributed by atoms with Crippen molar-refractivity contribution in [3.05, 3.63) is 107 Å². The third-order valence-corrected chi connectivity index (χ3v) is 5.97. The number of H-pyrrole nitrogens is 1. The SMILES string of the molecule is COc1ccc(C2c3[nH]c4ccccc4c3CCN2C(=O)C=Cc2ccccc2)cc1. The van der Waals surface area contributed by atoms with Gasteiger partial charge in [0.2, 0.25) is 5.91 Å². The summed E-state index contributed by atoms with van der Waals surface area (Å²) in [7, 11) is 1.66. The van der Waals surface area contributed by atoms with Gasteiger partial charge in [0.25, 0.3) is 0 Å². The minimum absolute atomic E-state index is 0.00831. The summed E-state index contributed by atoms with van der Waals surface area (Å²) >= 11 is 0. The normalized spacial score (nSPS) is 15.9. The van der Waals surface area contributed by atoms with Crippen molar-refractivity contribution < 1.29 is 9.53 Å². The van der Waals surface area contributed by atoms with Crippen LogP contribution in [0.5, 0.6) is 5.75 Å². The Kier molecular flexibility index (Phi) is 5.04. The lowest BCUT2D eigenvalue weighted by Crippen LogP contribution is -2.39. The lowest BCUT2D eigenvalue weighted by atomic mass is 9.92. The van der Waals surface area contributed by atoms with Crippen molar-refractivity contribution in [1.82, 2.24) is 9.88 Å². The molecule has 1 unspecified atom stereocenters. The van der Waals surface area contributed by atoms with Crippen LogP contribution < -0.4 is 4.74 Å². The summed E-state index contributed by atoms with van der Waals surface area (Å²) in [4.78, 5) is 18.9. The number of para-hydroxylation sites is 1. The van der Waals surface area contributed by atoms with Crippen molar-refractivity contribution in [1.29, 1.82) is 0 Å². The average Bonchev–Trinajstić information content (AvgIpc) is 3.21. The van der Waals surface area contributed by atoms with Gasteiger partial charge in [0.1, 0.15) is 5.75 Å². The summed E-state index contributed by atoms with van der Waals surface area (Å²) in [5, 5.41) is 1.24. The lowest BCUT2D eigenvalue weighted by Gasteiger charge is -2.35. The second-order valence-corrected chi connectivity index (χ2v) is 7.76. The molecule has 1 aromatic heterocycles. The van der Waals surface area contributed by atoms with E-state index >= 15 is 0 Å². The zero-order valence-corrected chi connectivity index (χ0v) is 17.4. The van der Waals surface area contributed by atoms with Crippen LogP contribution in [0.2, 0.25) is 0 Å². The first kappa shape index (κ1) is 19.2. The second-order valence-electron chi connectivity index (χ2n) is 7.76. The highest BCUT2D eigenvalue weighted by atomic mass is 16.5. The Bertz CT molecular complexity index is 1240. The Balaban J connectivity index is 1.56. The summed E-state index contributed by atoms with van der Waals surface area (Å²) in [5.74, 6) is 0.812. The number of nitrogens with zero attached hydrogens (tertiary/aromatic N) is 1. The number of rotatable bonds is 4. The van der Waals surface area contributed by atoms with E-state index in [9.17, 15) is 4.79 Å². The number of aromatic amines is 1. The molecule has 0 radical (unpaired) electrons. The number of fused-ring (bicyclic) bond motifs is 3. The second kappa shape index (κ2) is 8.15. The van der Waals surface area contributed by atoms with Gasteiger partial charge in [-0.3, -0.25) is 4.79 Å². The summed E-state index contributed by atoms with van der Waals surface area (Å²) in [6, 6.07) is 26.1. The van der Waals surface area contributed by atoms with Crippen molar-refractivity contribution in [3.63, 3.8) is 0 Å². The molecule has 154 valence electrons. The number of hydrogen-bond donors (Lipinski definition) is 1. The molecule has 5 rings (SSSR count). The minimum atomic E-state index is -0.171. The molecular weight excluding hydrogens is 384 g/mol. The molecule has 1 N–H and O–H groups in total. The first-order chi connectivity index (χ1) is 15.2. The first-order valence-corrected chi connectivity index (χ1v) is 10.5. The molecule has 0 fully saturated rings. The number of methoxy groups -OCH3 is 1. The van der Waals surface area contributed by atoms with Crippen LogP contribution in [-0.2, 0) is 11.2 Å². The van der Waals surface area contributed by atoms with Gasteiger partial charge in [-0.25, -0.2) is 0 Å². The number of aromatic nitrogens is 1. The summed E-state index contributed by atoms with van der Waals surface area (Å²) in [6.07, 6.45) is 4.39. The van der Waals surface area contributed by atoms with E-state index in [1.54, 1.807) is 13.2 Å². The fraction of sp³-hybridized carbons (Fsp3) is 0.148. The van der Waals surface area contributed by atoms with E-state index in [1.165, 1.54) is 10.9 Å². The maximum Gasteiger partial charge on any atom is 0.247 e. The highest BCUT2D eigenvalue weighted by molar-refractivity contribution is 5.93. The van der Waals surface area contributed by atoms with Crippen molar-refractivity contribution in [3.8, 4) is 5.75 Å². The quantitative estimate of drug-likeness (QED) is 0.462. The Morgan fingerprint density at radius 3 is 2.52 bits per heavy atom.